The van der Waals surface area contributed by atoms with Crippen molar-refractivity contribution in [3.05, 3.63) is 58.2 Å². The van der Waals surface area contributed by atoms with E-state index in [2.05, 4.69) is 30.8 Å². The SMILES string of the molecule is CNC(=O)CN1CCc2cc(Nc3ncc(Cl)c(Nc4cc(C(N)=O)ccc4OC)n3)c(OC)cc2CC1. The van der Waals surface area contributed by atoms with Gasteiger partial charge in [-0.05, 0) is 54.3 Å². The number of methoxy groups -OCH3 is 2. The van der Waals surface area contributed by atoms with E-state index in [1.165, 1.54) is 18.9 Å². The van der Waals surface area contributed by atoms with Crippen molar-refractivity contribution < 1.29 is 19.1 Å². The largest absolute Gasteiger partial charge is 0.495 e. The lowest BCUT2D eigenvalue weighted by molar-refractivity contribution is -0.121. The Bertz CT molecular complexity index is 1350. The molecule has 4 rings (SSSR count). The lowest BCUT2D eigenvalue weighted by Gasteiger charge is -2.18. The quantitative estimate of drug-likeness (QED) is 0.322. The van der Waals surface area contributed by atoms with Crippen molar-refractivity contribution in [3.63, 3.8) is 0 Å². The number of rotatable bonds is 9. The van der Waals surface area contributed by atoms with E-state index in [9.17, 15) is 9.59 Å². The Morgan fingerprint density at radius 3 is 2.37 bits per heavy atom. The zero-order valence-electron chi connectivity index (χ0n) is 21.4. The summed E-state index contributed by atoms with van der Waals surface area (Å²) in [5.74, 6) is 1.15. The lowest BCUT2D eigenvalue weighted by atomic mass is 10.0. The standard InChI is InChI=1S/C26H30ClN7O4/c1-29-23(35)14-34-8-6-15-10-20(22(38-3)12-16(15)7-9-34)32-26-30-13-18(27)25(33-26)31-19-11-17(24(28)36)4-5-21(19)37-2/h4-5,10-13H,6-9,14H2,1-3H3,(H2,28,36)(H,29,35)(H2,30,31,32,33). The van der Waals surface area contributed by atoms with Gasteiger partial charge in [0.15, 0.2) is 5.82 Å². The van der Waals surface area contributed by atoms with E-state index < -0.39 is 5.91 Å². The third-order valence-electron chi connectivity index (χ3n) is 6.29. The molecule has 3 aromatic rings. The highest BCUT2D eigenvalue weighted by Gasteiger charge is 2.19. The van der Waals surface area contributed by atoms with Gasteiger partial charge in [0.2, 0.25) is 17.8 Å². The second kappa shape index (κ2) is 12.0. The molecule has 0 atom stereocenters. The maximum atomic E-state index is 11.8. The molecule has 2 aromatic carbocycles. The minimum absolute atomic E-state index is 0.000772. The van der Waals surface area contributed by atoms with Crippen LogP contribution in [0.5, 0.6) is 11.5 Å². The molecule has 0 bridgehead atoms. The molecule has 0 spiro atoms. The van der Waals surface area contributed by atoms with Crippen LogP contribution >= 0.6 is 11.6 Å². The second-order valence-corrected chi connectivity index (χ2v) is 9.10. The van der Waals surface area contributed by atoms with Gasteiger partial charge >= 0.3 is 0 Å². The summed E-state index contributed by atoms with van der Waals surface area (Å²) in [4.78, 5) is 34.5. The Balaban J connectivity index is 1.58. The van der Waals surface area contributed by atoms with Gasteiger partial charge in [-0.25, -0.2) is 4.98 Å². The first-order valence-corrected chi connectivity index (χ1v) is 12.4. The molecule has 2 amide bonds. The number of aromatic nitrogens is 2. The first-order valence-electron chi connectivity index (χ1n) is 12.0. The number of fused-ring (bicyclic) bond motifs is 1. The molecule has 0 unspecified atom stereocenters. The molecule has 5 N–H and O–H groups in total. The van der Waals surface area contributed by atoms with Gasteiger partial charge in [0.25, 0.3) is 0 Å². The molecule has 0 saturated heterocycles. The summed E-state index contributed by atoms with van der Waals surface area (Å²) in [6, 6.07) is 8.81. The highest BCUT2D eigenvalue weighted by molar-refractivity contribution is 6.33. The van der Waals surface area contributed by atoms with Crippen LogP contribution in [-0.2, 0) is 17.6 Å². The molecule has 200 valence electrons. The number of anilines is 4. The van der Waals surface area contributed by atoms with E-state index in [1.54, 1.807) is 32.4 Å². The maximum Gasteiger partial charge on any atom is 0.248 e. The van der Waals surface area contributed by atoms with Crippen molar-refractivity contribution in [1.29, 1.82) is 0 Å². The number of primary amides is 1. The second-order valence-electron chi connectivity index (χ2n) is 8.69. The number of hydrogen-bond acceptors (Lipinski definition) is 9. The van der Waals surface area contributed by atoms with Crippen LogP contribution in [0.4, 0.5) is 23.1 Å². The van der Waals surface area contributed by atoms with Gasteiger partial charge in [-0.2, -0.15) is 4.98 Å². The zero-order valence-corrected chi connectivity index (χ0v) is 22.2. The highest BCUT2D eigenvalue weighted by Crippen LogP contribution is 2.34. The number of nitrogens with one attached hydrogen (secondary N) is 3. The molecule has 0 aliphatic carbocycles. The Labute approximate surface area is 225 Å². The Morgan fingerprint density at radius 1 is 1.03 bits per heavy atom. The minimum Gasteiger partial charge on any atom is -0.495 e. The normalized spacial score (nSPS) is 13.2. The van der Waals surface area contributed by atoms with Crippen molar-refractivity contribution >= 4 is 46.6 Å². The maximum absolute atomic E-state index is 11.8. The van der Waals surface area contributed by atoms with E-state index in [1.807, 2.05) is 12.1 Å². The van der Waals surface area contributed by atoms with Crippen LogP contribution < -0.4 is 31.2 Å². The van der Waals surface area contributed by atoms with Gasteiger partial charge in [-0.1, -0.05) is 11.6 Å². The van der Waals surface area contributed by atoms with Crippen molar-refractivity contribution in [2.45, 2.75) is 12.8 Å². The van der Waals surface area contributed by atoms with E-state index in [0.29, 0.717) is 40.8 Å². The number of hydrogen-bond donors (Lipinski definition) is 4. The Morgan fingerprint density at radius 2 is 1.71 bits per heavy atom. The average molecular weight is 540 g/mol. The fourth-order valence-corrected chi connectivity index (χ4v) is 4.37. The molecule has 12 heteroatoms. The number of carbonyl (C=O) groups is 2. The van der Waals surface area contributed by atoms with E-state index >= 15 is 0 Å². The number of halogens is 1. The van der Waals surface area contributed by atoms with Crippen LogP contribution in [0.15, 0.2) is 36.5 Å². The van der Waals surface area contributed by atoms with Crippen LogP contribution in [0.25, 0.3) is 0 Å². The Hall–Kier alpha value is -4.09. The summed E-state index contributed by atoms with van der Waals surface area (Å²) >= 11 is 6.37. The molecule has 0 fully saturated rings. The molecule has 11 nitrogen and oxygen atoms in total. The molecule has 1 aromatic heterocycles. The summed E-state index contributed by atoms with van der Waals surface area (Å²) in [6.45, 7) is 1.92. The van der Waals surface area contributed by atoms with Gasteiger partial charge in [-0.3, -0.25) is 14.5 Å². The monoisotopic (exact) mass is 539 g/mol. The number of carbonyl (C=O) groups excluding carboxylic acids is 2. The predicted molar refractivity (Wildman–Crippen MR) is 146 cm³/mol. The Kier molecular flexibility index (Phi) is 8.49. The third kappa shape index (κ3) is 6.24. The van der Waals surface area contributed by atoms with E-state index in [-0.39, 0.29) is 16.9 Å². The van der Waals surface area contributed by atoms with Crippen LogP contribution in [0.1, 0.15) is 21.5 Å². The third-order valence-corrected chi connectivity index (χ3v) is 6.57. The summed E-state index contributed by atoms with van der Waals surface area (Å²) in [5.41, 5.74) is 9.24. The zero-order chi connectivity index (χ0) is 27.2. The van der Waals surface area contributed by atoms with Gasteiger partial charge in [0.1, 0.15) is 16.5 Å². The number of nitrogens with two attached hydrogens (primary N) is 1. The topological polar surface area (TPSA) is 144 Å². The summed E-state index contributed by atoms with van der Waals surface area (Å²) in [7, 11) is 4.77. The van der Waals surface area contributed by atoms with Crippen LogP contribution in [0.3, 0.4) is 0 Å². The van der Waals surface area contributed by atoms with Crippen molar-refractivity contribution in [1.82, 2.24) is 20.2 Å². The minimum atomic E-state index is -0.570. The smallest absolute Gasteiger partial charge is 0.248 e. The van der Waals surface area contributed by atoms with Crippen LogP contribution in [0.2, 0.25) is 5.02 Å². The molecule has 2 heterocycles. The number of ether oxygens (including phenoxy) is 2. The average Bonchev–Trinajstić information content (AvgIpc) is 3.11. The first kappa shape index (κ1) is 27.0. The fraction of sp³-hybridized carbons (Fsp3) is 0.308. The molecule has 1 aliphatic rings. The first-order chi connectivity index (χ1) is 18.3. The van der Waals surface area contributed by atoms with Crippen LogP contribution in [0, 0.1) is 0 Å². The van der Waals surface area contributed by atoms with Crippen LogP contribution in [-0.4, -0.2) is 67.6 Å². The van der Waals surface area contributed by atoms with Crippen molar-refractivity contribution in [2.75, 3.05) is 51.5 Å². The molecular weight excluding hydrogens is 510 g/mol. The number of likely N-dealkylation sites (N-methyl/N-ethyl adjacent to an activating group) is 1. The van der Waals surface area contributed by atoms with E-state index in [4.69, 9.17) is 26.8 Å². The molecule has 38 heavy (non-hydrogen) atoms. The number of nitrogens with zero attached hydrogens (tertiary/aromatic N) is 3. The van der Waals surface area contributed by atoms with Gasteiger partial charge in [0, 0.05) is 25.7 Å². The lowest BCUT2D eigenvalue weighted by Crippen LogP contribution is -2.37. The van der Waals surface area contributed by atoms with Crippen molar-refractivity contribution in [2.24, 2.45) is 5.73 Å². The molecule has 0 radical (unpaired) electrons. The summed E-state index contributed by atoms with van der Waals surface area (Å²) in [6.07, 6.45) is 3.06. The fourth-order valence-electron chi connectivity index (χ4n) is 4.23. The predicted octanol–water partition coefficient (Wildman–Crippen LogP) is 2.88. The molecule has 1 aliphatic heterocycles. The van der Waals surface area contributed by atoms with Gasteiger partial charge < -0.3 is 31.2 Å². The highest BCUT2D eigenvalue weighted by atomic mass is 35.5. The summed E-state index contributed by atoms with van der Waals surface area (Å²) in [5, 5.41) is 9.28. The molecular formula is C26H30ClN7O4. The van der Waals surface area contributed by atoms with Gasteiger partial charge in [-0.15, -0.1) is 0 Å². The van der Waals surface area contributed by atoms with Crippen molar-refractivity contribution in [3.8, 4) is 11.5 Å². The van der Waals surface area contributed by atoms with E-state index in [0.717, 1.165) is 31.5 Å². The number of amides is 2. The molecule has 0 saturated carbocycles. The number of benzene rings is 2. The summed E-state index contributed by atoms with van der Waals surface area (Å²) < 4.78 is 11.0. The van der Waals surface area contributed by atoms with Gasteiger partial charge in [0.05, 0.1) is 38.3 Å².